The number of halogens is 1. The first-order valence-electron chi connectivity index (χ1n) is 8.64. The van der Waals surface area contributed by atoms with E-state index in [1.54, 1.807) is 20.9 Å². The van der Waals surface area contributed by atoms with Gasteiger partial charge in [0.1, 0.15) is 11.5 Å². The highest BCUT2D eigenvalue weighted by atomic mass is 127. The number of furan rings is 1. The smallest absolute Gasteiger partial charge is 0.194 e. The molecule has 6 nitrogen and oxygen atoms in total. The summed E-state index contributed by atoms with van der Waals surface area (Å²) in [5, 5.41) is 3.27. The molecule has 2 aromatic rings. The van der Waals surface area contributed by atoms with Gasteiger partial charge in [-0.25, -0.2) is 8.42 Å². The van der Waals surface area contributed by atoms with E-state index in [-0.39, 0.29) is 29.7 Å². The third kappa shape index (κ3) is 4.84. The summed E-state index contributed by atoms with van der Waals surface area (Å²) in [4.78, 5) is 6.29. The first-order chi connectivity index (χ1) is 12.3. The molecule has 8 heteroatoms. The van der Waals surface area contributed by atoms with Gasteiger partial charge in [0.25, 0.3) is 0 Å². The fourth-order valence-corrected chi connectivity index (χ4v) is 4.42. The minimum absolute atomic E-state index is 0. The highest BCUT2D eigenvalue weighted by molar-refractivity contribution is 14.0. The molecule has 1 saturated heterocycles. The van der Waals surface area contributed by atoms with Gasteiger partial charge < -0.3 is 14.6 Å². The van der Waals surface area contributed by atoms with Crippen LogP contribution in [0.5, 0.6) is 0 Å². The van der Waals surface area contributed by atoms with Gasteiger partial charge in [0.2, 0.25) is 0 Å². The first-order valence-corrected chi connectivity index (χ1v) is 10.3. The van der Waals surface area contributed by atoms with Crippen LogP contribution in [0.4, 0.5) is 0 Å². The maximum absolute atomic E-state index is 12.2. The Balaban J connectivity index is 0.00000261. The third-order valence-electron chi connectivity index (χ3n) is 4.70. The van der Waals surface area contributed by atoms with E-state index >= 15 is 0 Å². The van der Waals surface area contributed by atoms with Crippen LogP contribution in [0.2, 0.25) is 0 Å². The molecule has 27 heavy (non-hydrogen) atoms. The summed E-state index contributed by atoms with van der Waals surface area (Å²) in [6.07, 6.45) is 0. The largest absolute Gasteiger partial charge is 0.459 e. The van der Waals surface area contributed by atoms with Crippen molar-refractivity contribution in [3.05, 3.63) is 48.2 Å². The summed E-state index contributed by atoms with van der Waals surface area (Å²) in [5.74, 6) is 2.45. The molecule has 1 aliphatic rings. The van der Waals surface area contributed by atoms with Crippen molar-refractivity contribution in [1.29, 1.82) is 0 Å². The van der Waals surface area contributed by atoms with Gasteiger partial charge in [-0.2, -0.15) is 0 Å². The van der Waals surface area contributed by atoms with Crippen LogP contribution in [-0.4, -0.2) is 49.9 Å². The Morgan fingerprint density at radius 2 is 1.93 bits per heavy atom. The second-order valence-electron chi connectivity index (χ2n) is 7.03. The molecular weight excluding hydrogens is 477 g/mol. The van der Waals surface area contributed by atoms with Crippen molar-refractivity contribution in [2.24, 2.45) is 4.99 Å². The molecule has 0 bridgehead atoms. The van der Waals surface area contributed by atoms with Crippen molar-refractivity contribution in [3.8, 4) is 11.3 Å². The van der Waals surface area contributed by atoms with E-state index in [0.29, 0.717) is 25.6 Å². The van der Waals surface area contributed by atoms with E-state index in [1.807, 2.05) is 47.4 Å². The average molecular weight is 503 g/mol. The lowest BCUT2D eigenvalue weighted by atomic mass is 10.2. The summed E-state index contributed by atoms with van der Waals surface area (Å²) >= 11 is 0. The third-order valence-corrected chi connectivity index (χ3v) is 7.23. The SMILES string of the molecule is CN=C(NCc1ccc(-c2ccccc2)o1)N1CCS(=O)(=O)C(C)(C)C1.I. The lowest BCUT2D eigenvalue weighted by Gasteiger charge is -2.39. The van der Waals surface area contributed by atoms with E-state index < -0.39 is 14.6 Å². The van der Waals surface area contributed by atoms with Gasteiger partial charge in [-0.15, -0.1) is 24.0 Å². The Labute approximate surface area is 178 Å². The maximum atomic E-state index is 12.2. The Morgan fingerprint density at radius 1 is 1.22 bits per heavy atom. The van der Waals surface area contributed by atoms with Crippen LogP contribution in [0.15, 0.2) is 51.9 Å². The molecule has 1 aliphatic heterocycles. The fourth-order valence-electron chi connectivity index (χ4n) is 3.05. The molecular formula is C19H26IN3O3S. The van der Waals surface area contributed by atoms with Gasteiger partial charge in [0, 0.05) is 25.7 Å². The summed E-state index contributed by atoms with van der Waals surface area (Å²) in [6, 6.07) is 13.8. The number of nitrogens with zero attached hydrogens (tertiary/aromatic N) is 2. The van der Waals surface area contributed by atoms with Crippen molar-refractivity contribution >= 4 is 39.8 Å². The van der Waals surface area contributed by atoms with Crippen LogP contribution in [0.1, 0.15) is 19.6 Å². The number of guanidine groups is 1. The zero-order valence-electron chi connectivity index (χ0n) is 15.8. The van der Waals surface area contributed by atoms with Gasteiger partial charge in [-0.05, 0) is 26.0 Å². The zero-order valence-corrected chi connectivity index (χ0v) is 19.0. The van der Waals surface area contributed by atoms with Gasteiger partial charge >= 0.3 is 0 Å². The highest BCUT2D eigenvalue weighted by Crippen LogP contribution is 2.24. The molecule has 0 radical (unpaired) electrons. The molecule has 0 atom stereocenters. The molecule has 0 spiro atoms. The number of hydrogen-bond acceptors (Lipinski definition) is 4. The van der Waals surface area contributed by atoms with E-state index in [2.05, 4.69) is 10.3 Å². The molecule has 3 rings (SSSR count). The van der Waals surface area contributed by atoms with Crippen LogP contribution in [0.25, 0.3) is 11.3 Å². The van der Waals surface area contributed by atoms with Crippen molar-refractivity contribution in [2.75, 3.05) is 25.9 Å². The lowest BCUT2D eigenvalue weighted by molar-refractivity contribution is 0.351. The van der Waals surface area contributed by atoms with Crippen molar-refractivity contribution in [3.63, 3.8) is 0 Å². The fraction of sp³-hybridized carbons (Fsp3) is 0.421. The van der Waals surface area contributed by atoms with E-state index in [1.165, 1.54) is 0 Å². The normalized spacial score (nSPS) is 18.6. The summed E-state index contributed by atoms with van der Waals surface area (Å²) in [5.41, 5.74) is 1.03. The second-order valence-corrected chi connectivity index (χ2v) is 9.78. The van der Waals surface area contributed by atoms with Crippen molar-refractivity contribution in [2.45, 2.75) is 25.1 Å². The number of aliphatic imine (C=N–C) groups is 1. The topological polar surface area (TPSA) is 74.9 Å². The maximum Gasteiger partial charge on any atom is 0.194 e. The predicted molar refractivity (Wildman–Crippen MR) is 119 cm³/mol. The van der Waals surface area contributed by atoms with Crippen LogP contribution in [0.3, 0.4) is 0 Å². The van der Waals surface area contributed by atoms with Crippen LogP contribution in [-0.2, 0) is 16.4 Å². The van der Waals surface area contributed by atoms with Crippen molar-refractivity contribution in [1.82, 2.24) is 10.2 Å². The first kappa shape index (κ1) is 21.7. The highest BCUT2D eigenvalue weighted by Gasteiger charge is 2.40. The zero-order chi connectivity index (χ0) is 18.8. The number of benzene rings is 1. The second kappa shape index (κ2) is 8.64. The van der Waals surface area contributed by atoms with Gasteiger partial charge in [0.05, 0.1) is 17.0 Å². The molecule has 1 aromatic heterocycles. The quantitative estimate of drug-likeness (QED) is 0.396. The lowest BCUT2D eigenvalue weighted by Crippen LogP contribution is -2.57. The standard InChI is InChI=1S/C19H25N3O3S.HI/c1-19(2)14-22(11-12-26(19,23)24)18(20-3)21-13-16-9-10-17(25-16)15-7-5-4-6-8-15;/h4-10H,11-14H2,1-3H3,(H,20,21);1H. The van der Waals surface area contributed by atoms with Crippen LogP contribution >= 0.6 is 24.0 Å². The van der Waals surface area contributed by atoms with E-state index in [4.69, 9.17) is 4.42 Å². The number of hydrogen-bond donors (Lipinski definition) is 1. The summed E-state index contributed by atoms with van der Waals surface area (Å²) in [7, 11) is -1.37. The van der Waals surface area contributed by atoms with E-state index in [9.17, 15) is 8.42 Å². The molecule has 0 aliphatic carbocycles. The molecule has 1 fully saturated rings. The predicted octanol–water partition coefficient (Wildman–Crippen LogP) is 3.15. The number of rotatable bonds is 3. The Hall–Kier alpha value is -1.55. The number of nitrogens with one attached hydrogen (secondary N) is 1. The Bertz CT molecular complexity index is 892. The van der Waals surface area contributed by atoms with Gasteiger partial charge in [-0.1, -0.05) is 30.3 Å². The molecule has 148 valence electrons. The molecule has 1 aromatic carbocycles. The minimum atomic E-state index is -3.07. The van der Waals surface area contributed by atoms with E-state index in [0.717, 1.165) is 17.1 Å². The summed E-state index contributed by atoms with van der Waals surface area (Å²) < 4.78 is 29.5. The Morgan fingerprint density at radius 3 is 2.56 bits per heavy atom. The van der Waals surface area contributed by atoms with Gasteiger partial charge in [-0.3, -0.25) is 4.99 Å². The minimum Gasteiger partial charge on any atom is -0.459 e. The van der Waals surface area contributed by atoms with Crippen LogP contribution in [0, 0.1) is 0 Å². The molecule has 1 N–H and O–H groups in total. The van der Waals surface area contributed by atoms with Gasteiger partial charge in [0.15, 0.2) is 15.8 Å². The summed E-state index contributed by atoms with van der Waals surface area (Å²) in [6.45, 7) is 4.88. The number of sulfone groups is 1. The van der Waals surface area contributed by atoms with Crippen LogP contribution < -0.4 is 5.32 Å². The molecule has 0 amide bonds. The molecule has 0 saturated carbocycles. The monoisotopic (exact) mass is 503 g/mol. The average Bonchev–Trinajstić information content (AvgIpc) is 3.08. The Kier molecular flexibility index (Phi) is 6.96. The molecule has 2 heterocycles. The van der Waals surface area contributed by atoms with Crippen molar-refractivity contribution < 1.29 is 12.8 Å². The molecule has 0 unspecified atom stereocenters.